The maximum atomic E-state index is 12.5. The van der Waals surface area contributed by atoms with E-state index < -0.39 is 0 Å². The lowest BCUT2D eigenvalue weighted by atomic mass is 9.78. The zero-order valence-corrected chi connectivity index (χ0v) is 15.6. The third-order valence-corrected chi connectivity index (χ3v) is 6.00. The second-order valence-corrected chi connectivity index (χ2v) is 7.87. The topological polar surface area (TPSA) is 58.4 Å². The van der Waals surface area contributed by atoms with Crippen molar-refractivity contribution in [2.45, 2.75) is 32.1 Å². The van der Waals surface area contributed by atoms with Gasteiger partial charge >= 0.3 is 0 Å². The number of nitrogens with one attached hydrogen (secondary N) is 1. The van der Waals surface area contributed by atoms with Gasteiger partial charge in [0.15, 0.2) is 11.7 Å². The SMILES string of the molecule is O=C(CCc1ncc(-c2ccc(Cl)cc2)o1)N1CCC2(CCNC2)CC1. The molecule has 1 spiro atoms. The van der Waals surface area contributed by atoms with Crippen LogP contribution in [0.3, 0.4) is 0 Å². The molecule has 0 unspecified atom stereocenters. The van der Waals surface area contributed by atoms with E-state index in [1.807, 2.05) is 29.2 Å². The average molecular weight is 374 g/mol. The first-order chi connectivity index (χ1) is 12.6. The summed E-state index contributed by atoms with van der Waals surface area (Å²) < 4.78 is 5.79. The summed E-state index contributed by atoms with van der Waals surface area (Å²) in [4.78, 5) is 18.8. The summed E-state index contributed by atoms with van der Waals surface area (Å²) in [5.41, 5.74) is 1.37. The molecule has 1 N–H and O–H groups in total. The van der Waals surface area contributed by atoms with Gasteiger partial charge in [-0.15, -0.1) is 0 Å². The van der Waals surface area contributed by atoms with Crippen LogP contribution in [0.1, 0.15) is 31.6 Å². The number of carbonyl (C=O) groups is 1. The van der Waals surface area contributed by atoms with E-state index in [0.717, 1.165) is 44.6 Å². The molecule has 0 bridgehead atoms. The van der Waals surface area contributed by atoms with Crippen molar-refractivity contribution >= 4 is 17.5 Å². The molecule has 2 fully saturated rings. The Morgan fingerprint density at radius 2 is 2.00 bits per heavy atom. The fourth-order valence-corrected chi connectivity index (χ4v) is 4.12. The Bertz CT molecular complexity index is 756. The van der Waals surface area contributed by atoms with Crippen molar-refractivity contribution in [1.82, 2.24) is 15.2 Å². The minimum Gasteiger partial charge on any atom is -0.441 e. The first-order valence-electron chi connectivity index (χ1n) is 9.33. The van der Waals surface area contributed by atoms with E-state index in [4.69, 9.17) is 16.0 Å². The van der Waals surface area contributed by atoms with Gasteiger partial charge in [-0.3, -0.25) is 4.79 Å². The summed E-state index contributed by atoms with van der Waals surface area (Å²) in [7, 11) is 0. The van der Waals surface area contributed by atoms with E-state index in [9.17, 15) is 4.79 Å². The number of amides is 1. The fourth-order valence-electron chi connectivity index (χ4n) is 4.00. The van der Waals surface area contributed by atoms with Crippen LogP contribution in [0, 0.1) is 5.41 Å². The van der Waals surface area contributed by atoms with E-state index >= 15 is 0 Å². The lowest BCUT2D eigenvalue weighted by molar-refractivity contribution is -0.133. The van der Waals surface area contributed by atoms with Crippen molar-refractivity contribution in [1.29, 1.82) is 0 Å². The van der Waals surface area contributed by atoms with Crippen LogP contribution >= 0.6 is 11.6 Å². The van der Waals surface area contributed by atoms with Gasteiger partial charge in [0, 0.05) is 43.1 Å². The summed E-state index contributed by atoms with van der Waals surface area (Å²) >= 11 is 5.91. The summed E-state index contributed by atoms with van der Waals surface area (Å²) in [5.74, 6) is 1.52. The number of benzene rings is 1. The predicted octanol–water partition coefficient (Wildman–Crippen LogP) is 3.53. The molecule has 138 valence electrons. The van der Waals surface area contributed by atoms with Crippen LogP contribution in [0.15, 0.2) is 34.9 Å². The molecule has 0 saturated carbocycles. The number of oxazole rings is 1. The van der Waals surface area contributed by atoms with Gasteiger partial charge in [0.25, 0.3) is 0 Å². The van der Waals surface area contributed by atoms with Crippen LogP contribution in [0.2, 0.25) is 5.02 Å². The van der Waals surface area contributed by atoms with Gasteiger partial charge in [0.1, 0.15) is 0 Å². The summed E-state index contributed by atoms with van der Waals surface area (Å²) in [5, 5.41) is 4.15. The molecule has 2 saturated heterocycles. The van der Waals surface area contributed by atoms with E-state index in [1.165, 1.54) is 6.42 Å². The van der Waals surface area contributed by atoms with Gasteiger partial charge in [-0.1, -0.05) is 11.6 Å². The average Bonchev–Trinajstić information content (AvgIpc) is 3.31. The highest BCUT2D eigenvalue weighted by molar-refractivity contribution is 6.30. The highest BCUT2D eigenvalue weighted by Gasteiger charge is 2.37. The Morgan fingerprint density at radius 1 is 1.23 bits per heavy atom. The lowest BCUT2D eigenvalue weighted by Gasteiger charge is -2.38. The normalized spacial score (nSPS) is 19.2. The monoisotopic (exact) mass is 373 g/mol. The van der Waals surface area contributed by atoms with E-state index in [1.54, 1.807) is 6.20 Å². The van der Waals surface area contributed by atoms with Gasteiger partial charge in [-0.25, -0.2) is 4.98 Å². The predicted molar refractivity (Wildman–Crippen MR) is 101 cm³/mol. The first kappa shape index (κ1) is 17.6. The minimum absolute atomic E-state index is 0.206. The van der Waals surface area contributed by atoms with Gasteiger partial charge < -0.3 is 14.6 Å². The lowest BCUT2D eigenvalue weighted by Crippen LogP contribution is -2.44. The van der Waals surface area contributed by atoms with Crippen molar-refractivity contribution in [2.24, 2.45) is 5.41 Å². The summed E-state index contributed by atoms with van der Waals surface area (Å²) in [6, 6.07) is 7.45. The highest BCUT2D eigenvalue weighted by atomic mass is 35.5. The zero-order chi connectivity index (χ0) is 18.0. The number of aryl methyl sites for hydroxylation is 1. The Kier molecular flexibility index (Phi) is 5.00. The van der Waals surface area contributed by atoms with Crippen LogP contribution in [-0.2, 0) is 11.2 Å². The fraction of sp³-hybridized carbons (Fsp3) is 0.500. The van der Waals surface area contributed by atoms with E-state index in [0.29, 0.717) is 34.9 Å². The van der Waals surface area contributed by atoms with Crippen LogP contribution in [-0.4, -0.2) is 42.0 Å². The van der Waals surface area contributed by atoms with Crippen molar-refractivity contribution in [3.05, 3.63) is 41.4 Å². The molecule has 0 aliphatic carbocycles. The van der Waals surface area contributed by atoms with Crippen molar-refractivity contribution in [3.63, 3.8) is 0 Å². The molecule has 4 rings (SSSR count). The molecular weight excluding hydrogens is 350 g/mol. The Morgan fingerprint density at radius 3 is 2.69 bits per heavy atom. The van der Waals surface area contributed by atoms with Crippen molar-refractivity contribution < 1.29 is 9.21 Å². The number of aromatic nitrogens is 1. The molecular formula is C20H24ClN3O2. The summed E-state index contributed by atoms with van der Waals surface area (Å²) in [6.07, 6.45) is 6.18. The third-order valence-electron chi connectivity index (χ3n) is 5.74. The largest absolute Gasteiger partial charge is 0.441 e. The number of likely N-dealkylation sites (tertiary alicyclic amines) is 1. The molecule has 1 amide bonds. The van der Waals surface area contributed by atoms with Crippen LogP contribution in [0.5, 0.6) is 0 Å². The number of nitrogens with zero attached hydrogens (tertiary/aromatic N) is 2. The molecule has 2 aromatic rings. The van der Waals surface area contributed by atoms with Crippen LogP contribution in [0.25, 0.3) is 11.3 Å². The number of hydrogen-bond acceptors (Lipinski definition) is 4. The molecule has 2 aliphatic rings. The third kappa shape index (κ3) is 3.79. The van der Waals surface area contributed by atoms with Gasteiger partial charge in [0.2, 0.25) is 5.91 Å². The van der Waals surface area contributed by atoms with Gasteiger partial charge in [-0.2, -0.15) is 0 Å². The standard InChI is InChI=1S/C20H24ClN3O2/c21-16-3-1-15(2-4-16)17-13-23-18(26-17)5-6-19(25)24-11-8-20(9-12-24)7-10-22-14-20/h1-4,13,22H,5-12,14H2. The maximum absolute atomic E-state index is 12.5. The molecule has 5 nitrogen and oxygen atoms in total. The molecule has 26 heavy (non-hydrogen) atoms. The number of halogens is 1. The number of piperidine rings is 1. The molecule has 2 aliphatic heterocycles. The van der Waals surface area contributed by atoms with Crippen molar-refractivity contribution in [3.8, 4) is 11.3 Å². The second kappa shape index (κ2) is 7.41. The van der Waals surface area contributed by atoms with Crippen molar-refractivity contribution in [2.75, 3.05) is 26.2 Å². The number of rotatable bonds is 4. The Hall–Kier alpha value is -1.85. The quantitative estimate of drug-likeness (QED) is 0.890. The Balaban J connectivity index is 1.29. The minimum atomic E-state index is 0.206. The van der Waals surface area contributed by atoms with Crippen LogP contribution in [0.4, 0.5) is 0 Å². The zero-order valence-electron chi connectivity index (χ0n) is 14.8. The van der Waals surface area contributed by atoms with Gasteiger partial charge in [0.05, 0.1) is 6.20 Å². The second-order valence-electron chi connectivity index (χ2n) is 7.43. The molecule has 0 radical (unpaired) electrons. The Labute approximate surface area is 158 Å². The summed E-state index contributed by atoms with van der Waals surface area (Å²) in [6.45, 7) is 3.98. The molecule has 0 atom stereocenters. The highest BCUT2D eigenvalue weighted by Crippen LogP contribution is 2.37. The molecule has 1 aromatic heterocycles. The van der Waals surface area contributed by atoms with E-state index in [2.05, 4.69) is 10.3 Å². The smallest absolute Gasteiger partial charge is 0.223 e. The van der Waals surface area contributed by atoms with Gasteiger partial charge in [-0.05, 0) is 55.5 Å². The number of carbonyl (C=O) groups excluding carboxylic acids is 1. The number of hydrogen-bond donors (Lipinski definition) is 1. The maximum Gasteiger partial charge on any atom is 0.223 e. The van der Waals surface area contributed by atoms with E-state index in [-0.39, 0.29) is 5.91 Å². The van der Waals surface area contributed by atoms with Crippen LogP contribution < -0.4 is 5.32 Å². The first-order valence-corrected chi connectivity index (χ1v) is 9.71. The molecule has 6 heteroatoms. The molecule has 1 aromatic carbocycles. The molecule has 3 heterocycles.